The van der Waals surface area contributed by atoms with Crippen LogP contribution in [-0.2, 0) is 11.0 Å². The molecule has 1 aromatic rings. The third-order valence-corrected chi connectivity index (χ3v) is 7.27. The first-order chi connectivity index (χ1) is 14.5. The zero-order chi connectivity index (χ0) is 23.2. The molecule has 2 atom stereocenters. The third-order valence-electron chi connectivity index (χ3n) is 6.28. The van der Waals surface area contributed by atoms with E-state index in [1.165, 1.54) is 32.1 Å². The maximum absolute atomic E-state index is 11.3. The quantitative estimate of drug-likeness (QED) is 0.226. The van der Waals surface area contributed by atoms with Gasteiger partial charge >= 0.3 is 7.60 Å². The largest absolute Gasteiger partial charge is 0.489 e. The van der Waals surface area contributed by atoms with E-state index in [4.69, 9.17) is 9.47 Å². The van der Waals surface area contributed by atoms with Crippen LogP contribution in [-0.4, -0.2) is 27.7 Å². The van der Waals surface area contributed by atoms with Crippen LogP contribution < -0.4 is 9.47 Å². The molecular formula is C25H41O5P. The SMILES string of the molecule is CCCCCCCC=CC1(C)CCc2c(C)c(OC(C)CP(=O)(O)O)c(C)c(C)c2O1. The predicted octanol–water partition coefficient (Wildman–Crippen LogP) is 6.56. The van der Waals surface area contributed by atoms with Crippen molar-refractivity contribution in [3.63, 3.8) is 0 Å². The summed E-state index contributed by atoms with van der Waals surface area (Å²) in [6.45, 7) is 12.1. The van der Waals surface area contributed by atoms with Gasteiger partial charge in [0, 0.05) is 5.56 Å². The smallest absolute Gasteiger partial charge is 0.329 e. The molecule has 1 aliphatic rings. The first-order valence-electron chi connectivity index (χ1n) is 11.7. The minimum absolute atomic E-state index is 0.292. The molecule has 2 unspecified atom stereocenters. The average Bonchev–Trinajstić information content (AvgIpc) is 2.67. The van der Waals surface area contributed by atoms with Gasteiger partial charge in [0.05, 0.1) is 6.16 Å². The molecule has 0 amide bonds. The van der Waals surface area contributed by atoms with E-state index >= 15 is 0 Å². The fraction of sp³-hybridized carbons (Fsp3) is 0.680. The highest BCUT2D eigenvalue weighted by Crippen LogP contribution is 2.45. The van der Waals surface area contributed by atoms with E-state index in [2.05, 4.69) is 26.0 Å². The molecule has 1 aliphatic heterocycles. The van der Waals surface area contributed by atoms with Crippen molar-refractivity contribution >= 4 is 7.60 Å². The van der Waals surface area contributed by atoms with Crippen molar-refractivity contribution < 1.29 is 23.8 Å². The minimum atomic E-state index is -4.12. The molecule has 0 saturated carbocycles. The van der Waals surface area contributed by atoms with Crippen molar-refractivity contribution in [1.29, 1.82) is 0 Å². The summed E-state index contributed by atoms with van der Waals surface area (Å²) in [5.74, 6) is 1.67. The molecule has 176 valence electrons. The fourth-order valence-corrected chi connectivity index (χ4v) is 5.06. The van der Waals surface area contributed by atoms with E-state index in [0.717, 1.165) is 53.0 Å². The van der Waals surface area contributed by atoms with Crippen LogP contribution in [0.1, 0.15) is 88.0 Å². The van der Waals surface area contributed by atoms with Crippen LogP contribution in [0.4, 0.5) is 0 Å². The van der Waals surface area contributed by atoms with Crippen molar-refractivity contribution in [2.45, 2.75) is 105 Å². The third kappa shape index (κ3) is 7.37. The maximum Gasteiger partial charge on any atom is 0.329 e. The molecule has 0 bridgehead atoms. The molecule has 6 heteroatoms. The summed E-state index contributed by atoms with van der Waals surface area (Å²) < 4.78 is 23.9. The van der Waals surface area contributed by atoms with Gasteiger partial charge in [0.1, 0.15) is 23.2 Å². The lowest BCUT2D eigenvalue weighted by Gasteiger charge is -2.36. The van der Waals surface area contributed by atoms with Crippen LogP contribution in [0.2, 0.25) is 0 Å². The Bertz CT molecular complexity index is 826. The zero-order valence-electron chi connectivity index (χ0n) is 20.2. The molecule has 5 nitrogen and oxygen atoms in total. The van der Waals surface area contributed by atoms with Crippen LogP contribution >= 0.6 is 7.60 Å². The first kappa shape index (κ1) is 26.0. The van der Waals surface area contributed by atoms with Gasteiger partial charge in [-0.2, -0.15) is 0 Å². The topological polar surface area (TPSA) is 76.0 Å². The molecule has 0 aromatic heterocycles. The van der Waals surface area contributed by atoms with Gasteiger partial charge < -0.3 is 19.3 Å². The predicted molar refractivity (Wildman–Crippen MR) is 128 cm³/mol. The van der Waals surface area contributed by atoms with Gasteiger partial charge in [-0.05, 0) is 83.1 Å². The van der Waals surface area contributed by atoms with Crippen LogP contribution in [0.3, 0.4) is 0 Å². The second-order valence-electron chi connectivity index (χ2n) is 9.31. The fourth-order valence-electron chi connectivity index (χ4n) is 4.32. The van der Waals surface area contributed by atoms with E-state index < -0.39 is 13.7 Å². The highest BCUT2D eigenvalue weighted by Gasteiger charge is 2.33. The number of unbranched alkanes of at least 4 members (excludes halogenated alkanes) is 5. The summed E-state index contributed by atoms with van der Waals surface area (Å²) >= 11 is 0. The molecule has 31 heavy (non-hydrogen) atoms. The Morgan fingerprint density at radius 3 is 2.45 bits per heavy atom. The second-order valence-corrected chi connectivity index (χ2v) is 11.0. The minimum Gasteiger partial charge on any atom is -0.489 e. The Morgan fingerprint density at radius 2 is 1.81 bits per heavy atom. The zero-order valence-corrected chi connectivity index (χ0v) is 21.1. The number of allylic oxidation sites excluding steroid dienone is 1. The molecule has 2 N–H and O–H groups in total. The number of ether oxygens (including phenoxy) is 2. The van der Waals surface area contributed by atoms with Crippen LogP contribution in [0, 0.1) is 20.8 Å². The highest BCUT2D eigenvalue weighted by molar-refractivity contribution is 7.51. The van der Waals surface area contributed by atoms with Crippen LogP contribution in [0.15, 0.2) is 12.2 Å². The number of fused-ring (bicyclic) bond motifs is 1. The van der Waals surface area contributed by atoms with Crippen molar-refractivity contribution in [3.8, 4) is 11.5 Å². The van der Waals surface area contributed by atoms with Crippen molar-refractivity contribution in [2.75, 3.05) is 6.16 Å². The molecule has 0 aliphatic carbocycles. The monoisotopic (exact) mass is 452 g/mol. The number of benzene rings is 1. The number of rotatable bonds is 11. The van der Waals surface area contributed by atoms with Gasteiger partial charge in [0.2, 0.25) is 0 Å². The summed E-state index contributed by atoms with van der Waals surface area (Å²) in [6.07, 6.45) is 13.0. The summed E-state index contributed by atoms with van der Waals surface area (Å²) in [5, 5.41) is 0. The van der Waals surface area contributed by atoms with Crippen molar-refractivity contribution in [3.05, 3.63) is 34.4 Å². The highest BCUT2D eigenvalue weighted by atomic mass is 31.2. The lowest BCUT2D eigenvalue weighted by molar-refractivity contribution is 0.112. The standard InChI is InChI=1S/C25H41O5P/c1-7-8-9-10-11-12-13-15-25(6)16-14-22-21(5)23(19(3)20(4)24(22)30-25)29-18(2)17-31(26,27)28/h13,15,18H,7-12,14,16-17H2,1-6H3,(H2,26,27,28). The van der Waals surface area contributed by atoms with Crippen molar-refractivity contribution in [1.82, 2.24) is 0 Å². The molecule has 0 fully saturated rings. The van der Waals surface area contributed by atoms with Gasteiger partial charge in [-0.15, -0.1) is 0 Å². The van der Waals surface area contributed by atoms with Crippen LogP contribution in [0.25, 0.3) is 0 Å². The average molecular weight is 453 g/mol. The van der Waals surface area contributed by atoms with Crippen LogP contribution in [0.5, 0.6) is 11.5 Å². The Kier molecular flexibility index (Phi) is 9.24. The number of hydrogen-bond donors (Lipinski definition) is 2. The van der Waals surface area contributed by atoms with E-state index in [-0.39, 0.29) is 11.8 Å². The van der Waals surface area contributed by atoms with E-state index in [0.29, 0.717) is 0 Å². The van der Waals surface area contributed by atoms with E-state index in [1.54, 1.807) is 6.92 Å². The Balaban J connectivity index is 2.13. The lowest BCUT2D eigenvalue weighted by atomic mass is 9.86. The van der Waals surface area contributed by atoms with Gasteiger partial charge in [-0.1, -0.05) is 38.7 Å². The molecule has 0 saturated heterocycles. The molecule has 1 heterocycles. The van der Waals surface area contributed by atoms with Gasteiger partial charge in [0.25, 0.3) is 0 Å². The van der Waals surface area contributed by atoms with E-state index in [1.807, 2.05) is 20.8 Å². The number of hydrogen-bond acceptors (Lipinski definition) is 3. The molecule has 0 spiro atoms. The summed E-state index contributed by atoms with van der Waals surface area (Å²) in [5.41, 5.74) is 3.86. The summed E-state index contributed by atoms with van der Waals surface area (Å²) in [4.78, 5) is 18.5. The Hall–Kier alpha value is -1.29. The van der Waals surface area contributed by atoms with Gasteiger partial charge in [-0.3, -0.25) is 4.57 Å². The molecule has 1 aromatic carbocycles. The Labute approximate surface area is 188 Å². The lowest BCUT2D eigenvalue weighted by Crippen LogP contribution is -2.35. The van der Waals surface area contributed by atoms with E-state index in [9.17, 15) is 14.4 Å². The Morgan fingerprint density at radius 1 is 1.13 bits per heavy atom. The van der Waals surface area contributed by atoms with Gasteiger partial charge in [-0.25, -0.2) is 0 Å². The molecule has 2 rings (SSSR count). The first-order valence-corrected chi connectivity index (χ1v) is 13.5. The summed E-state index contributed by atoms with van der Waals surface area (Å²) in [7, 11) is -4.12. The maximum atomic E-state index is 11.3. The van der Waals surface area contributed by atoms with Crippen molar-refractivity contribution in [2.24, 2.45) is 0 Å². The second kappa shape index (κ2) is 11.0. The van der Waals surface area contributed by atoms with Gasteiger partial charge in [0.15, 0.2) is 0 Å². The normalized spacial score (nSPS) is 19.9. The molecule has 0 radical (unpaired) electrons. The molecular weight excluding hydrogens is 411 g/mol. The summed E-state index contributed by atoms with van der Waals surface area (Å²) in [6, 6.07) is 0.